The Hall–Kier alpha value is -2.41. The van der Waals surface area contributed by atoms with Gasteiger partial charge in [-0.2, -0.15) is 4.98 Å². The Kier molecular flexibility index (Phi) is 3.48. The molecule has 0 saturated heterocycles. The normalized spacial score (nSPS) is 10.2. The van der Waals surface area contributed by atoms with E-state index in [1.807, 2.05) is 0 Å². The van der Waals surface area contributed by atoms with Crippen LogP contribution >= 0.6 is 11.6 Å². The maximum atomic E-state index is 11.0. The van der Waals surface area contributed by atoms with Gasteiger partial charge in [-0.25, -0.2) is 4.98 Å². The second-order valence-corrected chi connectivity index (χ2v) is 4.04. The van der Waals surface area contributed by atoms with Crippen LogP contribution in [0.5, 0.6) is 11.6 Å². The van der Waals surface area contributed by atoms with E-state index in [4.69, 9.17) is 22.1 Å². The van der Waals surface area contributed by atoms with Gasteiger partial charge < -0.3 is 10.5 Å². The summed E-state index contributed by atoms with van der Waals surface area (Å²) < 4.78 is 5.41. The van der Waals surface area contributed by atoms with Gasteiger partial charge in [0, 0.05) is 6.07 Å². The average Bonchev–Trinajstić information content (AvgIpc) is 2.36. The summed E-state index contributed by atoms with van der Waals surface area (Å²) in [6.07, 6.45) is 1.17. The lowest BCUT2D eigenvalue weighted by molar-refractivity contribution is -0.385. The molecule has 1 aromatic heterocycles. The van der Waals surface area contributed by atoms with Crippen LogP contribution in [0.15, 0.2) is 24.5 Å². The second kappa shape index (κ2) is 5.07. The Morgan fingerprint density at radius 3 is 2.84 bits per heavy atom. The first-order valence-electron chi connectivity index (χ1n) is 5.18. The van der Waals surface area contributed by atoms with Gasteiger partial charge in [-0.3, -0.25) is 10.1 Å². The SMILES string of the molecule is Cc1cccc([N+](=O)[O-])c1Oc1ncnc(N)c1Cl. The molecule has 0 saturated carbocycles. The van der Waals surface area contributed by atoms with Crippen molar-refractivity contribution in [3.63, 3.8) is 0 Å². The number of aryl methyl sites for hydroxylation is 1. The standard InChI is InChI=1S/C11H9ClN4O3/c1-6-3-2-4-7(16(17)18)9(6)19-11-8(12)10(13)14-5-15-11/h2-5H,1H3,(H2,13,14,15). The molecule has 0 aliphatic rings. The fourth-order valence-electron chi connectivity index (χ4n) is 1.45. The van der Waals surface area contributed by atoms with Gasteiger partial charge in [0.1, 0.15) is 17.2 Å². The Balaban J connectivity index is 2.49. The smallest absolute Gasteiger partial charge is 0.311 e. The van der Waals surface area contributed by atoms with E-state index in [0.717, 1.165) is 0 Å². The number of nitro benzene ring substituents is 1. The van der Waals surface area contributed by atoms with Crippen LogP contribution in [0.4, 0.5) is 11.5 Å². The zero-order valence-electron chi connectivity index (χ0n) is 9.83. The molecule has 1 aromatic carbocycles. The summed E-state index contributed by atoms with van der Waals surface area (Å²) >= 11 is 5.88. The minimum absolute atomic E-state index is 0.0139. The summed E-state index contributed by atoms with van der Waals surface area (Å²) in [7, 11) is 0. The second-order valence-electron chi connectivity index (χ2n) is 3.66. The Bertz CT molecular complexity index is 648. The number of para-hydroxylation sites is 1. The predicted octanol–water partition coefficient (Wildman–Crippen LogP) is 2.72. The van der Waals surface area contributed by atoms with Gasteiger partial charge in [0.25, 0.3) is 0 Å². The van der Waals surface area contributed by atoms with Gasteiger partial charge in [-0.15, -0.1) is 0 Å². The third kappa shape index (κ3) is 2.55. The van der Waals surface area contributed by atoms with Crippen LogP contribution in [-0.2, 0) is 0 Å². The Morgan fingerprint density at radius 1 is 1.42 bits per heavy atom. The lowest BCUT2D eigenvalue weighted by Crippen LogP contribution is -1.99. The molecule has 0 radical (unpaired) electrons. The number of hydrogen-bond donors (Lipinski definition) is 1. The molecule has 1 heterocycles. The van der Waals surface area contributed by atoms with E-state index in [9.17, 15) is 10.1 Å². The highest BCUT2D eigenvalue weighted by atomic mass is 35.5. The quantitative estimate of drug-likeness (QED) is 0.684. The summed E-state index contributed by atoms with van der Waals surface area (Å²) in [6.45, 7) is 1.68. The third-order valence-electron chi connectivity index (χ3n) is 2.37. The van der Waals surface area contributed by atoms with Crippen LogP contribution in [0.25, 0.3) is 0 Å². The van der Waals surface area contributed by atoms with Crippen molar-refractivity contribution in [3.8, 4) is 11.6 Å². The molecule has 2 rings (SSSR count). The maximum Gasteiger partial charge on any atom is 0.311 e. The first kappa shape index (κ1) is 13.0. The third-order valence-corrected chi connectivity index (χ3v) is 2.73. The molecule has 0 aliphatic heterocycles. The van der Waals surface area contributed by atoms with E-state index in [1.54, 1.807) is 19.1 Å². The van der Waals surface area contributed by atoms with E-state index in [1.165, 1.54) is 12.4 Å². The number of ether oxygens (including phenoxy) is 1. The van der Waals surface area contributed by atoms with Crippen LogP contribution in [0.3, 0.4) is 0 Å². The van der Waals surface area contributed by atoms with E-state index in [2.05, 4.69) is 9.97 Å². The molecule has 0 bridgehead atoms. The van der Waals surface area contributed by atoms with E-state index in [0.29, 0.717) is 5.56 Å². The molecule has 0 unspecified atom stereocenters. The molecular formula is C11H9ClN4O3. The predicted molar refractivity (Wildman–Crippen MR) is 69.4 cm³/mol. The number of aromatic nitrogens is 2. The van der Waals surface area contributed by atoms with Gasteiger partial charge in [-0.1, -0.05) is 23.7 Å². The monoisotopic (exact) mass is 280 g/mol. The zero-order chi connectivity index (χ0) is 14.0. The number of nitrogens with zero attached hydrogens (tertiary/aromatic N) is 3. The summed E-state index contributed by atoms with van der Waals surface area (Å²) in [6, 6.07) is 4.58. The number of rotatable bonds is 3. The van der Waals surface area contributed by atoms with E-state index >= 15 is 0 Å². The van der Waals surface area contributed by atoms with Gasteiger partial charge in [0.15, 0.2) is 0 Å². The number of nitrogens with two attached hydrogens (primary N) is 1. The molecule has 0 spiro atoms. The molecule has 2 aromatic rings. The van der Waals surface area contributed by atoms with Crippen molar-refractivity contribution in [1.29, 1.82) is 0 Å². The van der Waals surface area contributed by atoms with Gasteiger partial charge >= 0.3 is 5.69 Å². The highest BCUT2D eigenvalue weighted by molar-refractivity contribution is 6.34. The van der Waals surface area contributed by atoms with E-state index in [-0.39, 0.29) is 28.2 Å². The molecule has 0 amide bonds. The summed E-state index contributed by atoms with van der Waals surface area (Å²) in [5.74, 6) is 0.0990. The molecular weight excluding hydrogens is 272 g/mol. The van der Waals surface area contributed by atoms with Gasteiger partial charge in [0.05, 0.1) is 4.92 Å². The average molecular weight is 281 g/mol. The number of hydrogen-bond acceptors (Lipinski definition) is 6. The maximum absolute atomic E-state index is 11.0. The molecule has 7 nitrogen and oxygen atoms in total. The number of halogens is 1. The molecule has 19 heavy (non-hydrogen) atoms. The zero-order valence-corrected chi connectivity index (χ0v) is 10.6. The minimum Gasteiger partial charge on any atom is -0.430 e. The molecule has 0 atom stereocenters. The minimum atomic E-state index is -0.541. The fourth-order valence-corrected chi connectivity index (χ4v) is 1.58. The molecule has 2 N–H and O–H groups in total. The van der Waals surface area contributed by atoms with Crippen molar-refractivity contribution >= 4 is 23.1 Å². The van der Waals surface area contributed by atoms with Gasteiger partial charge in [0.2, 0.25) is 11.6 Å². The van der Waals surface area contributed by atoms with Crippen molar-refractivity contribution in [1.82, 2.24) is 9.97 Å². The molecule has 0 aliphatic carbocycles. The topological polar surface area (TPSA) is 104 Å². The van der Waals surface area contributed by atoms with Crippen LogP contribution in [0.2, 0.25) is 5.02 Å². The highest BCUT2D eigenvalue weighted by Crippen LogP contribution is 2.36. The Labute approximate surface area is 113 Å². The van der Waals surface area contributed by atoms with Gasteiger partial charge in [-0.05, 0) is 12.5 Å². The lowest BCUT2D eigenvalue weighted by Gasteiger charge is -2.09. The first-order valence-corrected chi connectivity index (χ1v) is 5.56. The van der Waals surface area contributed by atoms with Crippen LogP contribution in [0, 0.1) is 17.0 Å². The summed E-state index contributed by atoms with van der Waals surface area (Å²) in [4.78, 5) is 17.9. The largest absolute Gasteiger partial charge is 0.430 e. The van der Waals surface area contributed by atoms with Crippen molar-refractivity contribution in [2.24, 2.45) is 0 Å². The number of benzene rings is 1. The van der Waals surface area contributed by atoms with Crippen LogP contribution in [-0.4, -0.2) is 14.9 Å². The van der Waals surface area contributed by atoms with Crippen LogP contribution < -0.4 is 10.5 Å². The molecule has 8 heteroatoms. The fraction of sp³-hybridized carbons (Fsp3) is 0.0909. The Morgan fingerprint density at radius 2 is 2.16 bits per heavy atom. The van der Waals surface area contributed by atoms with Crippen molar-refractivity contribution < 1.29 is 9.66 Å². The summed E-state index contributed by atoms with van der Waals surface area (Å²) in [5, 5.41) is 11.0. The summed E-state index contributed by atoms with van der Waals surface area (Å²) in [5.41, 5.74) is 5.93. The van der Waals surface area contributed by atoms with Crippen LogP contribution in [0.1, 0.15) is 5.56 Å². The van der Waals surface area contributed by atoms with E-state index < -0.39 is 4.92 Å². The first-order chi connectivity index (χ1) is 9.00. The molecule has 98 valence electrons. The van der Waals surface area contributed by atoms with Crippen molar-refractivity contribution in [3.05, 3.63) is 45.2 Å². The number of nitrogen functional groups attached to an aromatic ring is 1. The van der Waals surface area contributed by atoms with Crippen molar-refractivity contribution in [2.45, 2.75) is 6.92 Å². The lowest BCUT2D eigenvalue weighted by atomic mass is 10.2. The number of anilines is 1. The number of nitro groups is 1. The highest BCUT2D eigenvalue weighted by Gasteiger charge is 2.20. The molecule has 0 fully saturated rings. The van der Waals surface area contributed by atoms with Crippen molar-refractivity contribution in [2.75, 3.05) is 5.73 Å².